The van der Waals surface area contributed by atoms with E-state index in [-0.39, 0.29) is 17.3 Å². The zero-order valence-corrected chi connectivity index (χ0v) is 20.4. The van der Waals surface area contributed by atoms with Crippen LogP contribution in [0.2, 0.25) is 10.2 Å². The van der Waals surface area contributed by atoms with Gasteiger partial charge in [-0.25, -0.2) is 9.48 Å². The second-order valence-electron chi connectivity index (χ2n) is 7.07. The molecule has 2 aromatic heterocycles. The van der Waals surface area contributed by atoms with E-state index in [1.54, 1.807) is 36.1 Å². The smallest absolute Gasteiger partial charge is 0.329 e. The summed E-state index contributed by atoms with van der Waals surface area (Å²) in [5.41, 5.74) is 1.26. The first-order valence-corrected chi connectivity index (χ1v) is 11.1. The molecule has 3 aromatic rings. The lowest BCUT2D eigenvalue weighted by molar-refractivity contribution is -0.152. The minimum absolute atomic E-state index is 0.0310. The molecule has 1 N–H and O–H groups in total. The van der Waals surface area contributed by atoms with Gasteiger partial charge in [0.25, 0.3) is 0 Å². The summed E-state index contributed by atoms with van der Waals surface area (Å²) in [6.45, 7) is -0.484. The van der Waals surface area contributed by atoms with E-state index in [4.69, 9.17) is 39.5 Å². The van der Waals surface area contributed by atoms with Gasteiger partial charge < -0.3 is 15.0 Å². The molecule has 0 bridgehead atoms. The van der Waals surface area contributed by atoms with Crippen LogP contribution >= 0.6 is 34.8 Å². The molecule has 180 valence electrons. The minimum atomic E-state index is -1.12. The van der Waals surface area contributed by atoms with Crippen molar-refractivity contribution in [2.24, 2.45) is 7.05 Å². The number of alkyl halides is 1. The summed E-state index contributed by atoms with van der Waals surface area (Å²) in [4.78, 5) is 39.2. The van der Waals surface area contributed by atoms with Crippen molar-refractivity contribution >= 4 is 58.3 Å². The third-order valence-corrected chi connectivity index (χ3v) is 5.35. The number of halogens is 3. The fourth-order valence-electron chi connectivity index (χ4n) is 3.19. The average Bonchev–Trinajstić information content (AvgIpc) is 3.42. The molecule has 1 aromatic carbocycles. The number of carbonyl (C=O) groups is 3. The van der Waals surface area contributed by atoms with Crippen LogP contribution in [-0.2, 0) is 32.6 Å². The van der Waals surface area contributed by atoms with Gasteiger partial charge in [0, 0.05) is 24.7 Å². The maximum atomic E-state index is 13.0. The maximum absolute atomic E-state index is 13.0. The van der Waals surface area contributed by atoms with Crippen LogP contribution in [0, 0.1) is 0 Å². The predicted octanol–water partition coefficient (Wildman–Crippen LogP) is 2.10. The monoisotopic (exact) mass is 527 g/mol. The van der Waals surface area contributed by atoms with Crippen molar-refractivity contribution in [3.63, 3.8) is 0 Å². The van der Waals surface area contributed by atoms with Crippen LogP contribution in [0.1, 0.15) is 5.69 Å². The van der Waals surface area contributed by atoms with E-state index in [1.807, 2.05) is 0 Å². The third-order valence-electron chi connectivity index (χ3n) is 4.71. The highest BCUT2D eigenvalue weighted by Crippen LogP contribution is 2.25. The summed E-state index contributed by atoms with van der Waals surface area (Å²) in [5, 5.41) is 15.0. The number of ether oxygens (including phenoxy) is 1. The first-order valence-electron chi connectivity index (χ1n) is 9.81. The van der Waals surface area contributed by atoms with Gasteiger partial charge >= 0.3 is 5.97 Å². The Morgan fingerprint density at radius 1 is 1.24 bits per heavy atom. The van der Waals surface area contributed by atoms with Crippen molar-refractivity contribution in [3.8, 4) is 5.69 Å². The van der Waals surface area contributed by atoms with Gasteiger partial charge in [-0.15, -0.1) is 16.7 Å². The lowest BCUT2D eigenvalue weighted by Crippen LogP contribution is -2.50. The summed E-state index contributed by atoms with van der Waals surface area (Å²) in [6, 6.07) is 5.30. The molecule has 0 aliphatic carbocycles. The number of aryl methyl sites for hydroxylation is 1. The molecule has 0 radical (unpaired) electrons. The number of aromatic nitrogens is 5. The number of hydrogen-bond acceptors (Lipinski definition) is 7. The molecule has 3 rings (SSSR count). The Balaban J connectivity index is 1.86. The number of anilines is 1. The number of amides is 2. The fraction of sp³-hybridized carbons (Fsp3) is 0.300. The normalized spacial score (nSPS) is 11.7. The van der Waals surface area contributed by atoms with Crippen molar-refractivity contribution in [3.05, 3.63) is 52.5 Å². The van der Waals surface area contributed by atoms with Gasteiger partial charge in [0.1, 0.15) is 18.5 Å². The Hall–Kier alpha value is -3.15. The number of methoxy groups -OCH3 is 1. The van der Waals surface area contributed by atoms with Crippen LogP contribution < -0.4 is 5.32 Å². The number of hydrogen-bond donors (Lipinski definition) is 1. The van der Waals surface area contributed by atoms with Gasteiger partial charge in [0.2, 0.25) is 11.8 Å². The number of nitrogens with one attached hydrogen (secondary N) is 1. The Morgan fingerprint density at radius 3 is 2.59 bits per heavy atom. The van der Waals surface area contributed by atoms with Gasteiger partial charge in [0.05, 0.1) is 30.4 Å². The topological polar surface area (TPSA) is 124 Å². The molecule has 0 aliphatic heterocycles. The molecule has 14 heteroatoms. The average molecular weight is 529 g/mol. The maximum Gasteiger partial charge on any atom is 0.329 e. The minimum Gasteiger partial charge on any atom is -0.467 e. The van der Waals surface area contributed by atoms with E-state index in [1.165, 1.54) is 24.1 Å². The molecule has 2 heterocycles. The number of esters is 1. The molecule has 0 fully saturated rings. The van der Waals surface area contributed by atoms with Crippen LogP contribution in [0.15, 0.2) is 36.7 Å². The largest absolute Gasteiger partial charge is 0.467 e. The molecule has 0 spiro atoms. The van der Waals surface area contributed by atoms with E-state index in [9.17, 15) is 14.4 Å². The summed E-state index contributed by atoms with van der Waals surface area (Å²) in [7, 11) is 2.91. The Kier molecular flexibility index (Phi) is 8.48. The van der Waals surface area contributed by atoms with E-state index in [0.29, 0.717) is 16.4 Å². The first kappa shape index (κ1) is 25.5. The van der Waals surface area contributed by atoms with Crippen molar-refractivity contribution < 1.29 is 19.1 Å². The lowest BCUT2D eigenvalue weighted by Gasteiger charge is -2.28. The van der Waals surface area contributed by atoms with Crippen LogP contribution in [0.25, 0.3) is 5.69 Å². The van der Waals surface area contributed by atoms with E-state index in [0.717, 1.165) is 4.90 Å². The van der Waals surface area contributed by atoms with E-state index >= 15 is 0 Å². The zero-order valence-electron chi connectivity index (χ0n) is 18.1. The summed E-state index contributed by atoms with van der Waals surface area (Å²) in [5.74, 6) is -2.39. The highest BCUT2D eigenvalue weighted by Gasteiger charge is 2.33. The molecule has 1 unspecified atom stereocenters. The van der Waals surface area contributed by atoms with Crippen molar-refractivity contribution in [1.29, 1.82) is 0 Å². The first-order chi connectivity index (χ1) is 16.2. The third kappa shape index (κ3) is 6.25. The standard InChI is InChI=1S/C20H20Cl3N7O4/c1-28-6-5-13(26-28)8-16(20(33)34-2)29(19(32)9-21)11-18(31)24-14-7-12(22)3-4-15(14)30-10-17(23)25-27-30/h3-7,10,16H,8-9,11H2,1-2H3,(H,24,31). The Morgan fingerprint density at radius 2 is 2.00 bits per heavy atom. The van der Waals surface area contributed by atoms with E-state index < -0.39 is 36.3 Å². The summed E-state index contributed by atoms with van der Waals surface area (Å²) >= 11 is 17.7. The number of rotatable bonds is 9. The van der Waals surface area contributed by atoms with Crippen LogP contribution in [0.3, 0.4) is 0 Å². The van der Waals surface area contributed by atoms with Crippen LogP contribution in [0.5, 0.6) is 0 Å². The number of nitrogens with zero attached hydrogens (tertiary/aromatic N) is 6. The second kappa shape index (κ2) is 11.3. The number of benzene rings is 1. The highest BCUT2D eigenvalue weighted by molar-refractivity contribution is 6.31. The van der Waals surface area contributed by atoms with Gasteiger partial charge in [-0.1, -0.05) is 28.4 Å². The quantitative estimate of drug-likeness (QED) is 0.333. The van der Waals surface area contributed by atoms with Gasteiger partial charge in [-0.3, -0.25) is 14.3 Å². The molecular formula is C20H20Cl3N7O4. The SMILES string of the molecule is COC(=O)C(Cc1ccn(C)n1)N(CC(=O)Nc1cc(Cl)ccc1-n1cc(Cl)nn1)C(=O)CCl. The van der Waals surface area contributed by atoms with Gasteiger partial charge in [-0.05, 0) is 24.3 Å². The zero-order chi connectivity index (χ0) is 24.8. The second-order valence-corrected chi connectivity index (χ2v) is 8.17. The van der Waals surface area contributed by atoms with Crippen LogP contribution in [0.4, 0.5) is 5.69 Å². The van der Waals surface area contributed by atoms with Crippen molar-refractivity contribution in [2.45, 2.75) is 12.5 Å². The van der Waals surface area contributed by atoms with Gasteiger partial charge in [0.15, 0.2) is 5.15 Å². The molecule has 2 amide bonds. The predicted molar refractivity (Wildman–Crippen MR) is 125 cm³/mol. The molecule has 0 aliphatic rings. The molecule has 0 saturated carbocycles. The van der Waals surface area contributed by atoms with E-state index in [2.05, 4.69) is 20.7 Å². The molecule has 1 atom stereocenters. The Bertz CT molecular complexity index is 1200. The van der Waals surface area contributed by atoms with Crippen molar-refractivity contribution in [1.82, 2.24) is 29.7 Å². The highest BCUT2D eigenvalue weighted by atomic mass is 35.5. The molecule has 34 heavy (non-hydrogen) atoms. The van der Waals surface area contributed by atoms with Crippen LogP contribution in [-0.4, -0.2) is 73.0 Å². The summed E-state index contributed by atoms with van der Waals surface area (Å²) < 4.78 is 7.78. The summed E-state index contributed by atoms with van der Waals surface area (Å²) in [6.07, 6.45) is 3.17. The number of carbonyl (C=O) groups excluding carboxylic acids is 3. The molecule has 0 saturated heterocycles. The van der Waals surface area contributed by atoms with Crippen molar-refractivity contribution in [2.75, 3.05) is 24.9 Å². The molecular weight excluding hydrogens is 509 g/mol. The fourth-order valence-corrected chi connectivity index (χ4v) is 3.64. The Labute approximate surface area is 209 Å². The lowest BCUT2D eigenvalue weighted by atomic mass is 10.1. The molecule has 11 nitrogen and oxygen atoms in total. The van der Waals surface area contributed by atoms with Gasteiger partial charge in [-0.2, -0.15) is 5.10 Å².